The second-order valence-corrected chi connectivity index (χ2v) is 6.29. The van der Waals surface area contributed by atoms with Crippen molar-refractivity contribution in [2.75, 3.05) is 0 Å². The van der Waals surface area contributed by atoms with Crippen LogP contribution in [0.3, 0.4) is 0 Å². The van der Waals surface area contributed by atoms with Gasteiger partial charge in [-0.1, -0.05) is 30.3 Å². The molecule has 126 valence electrons. The Hall–Kier alpha value is -3.08. The number of imidazole rings is 1. The van der Waals surface area contributed by atoms with E-state index in [0.717, 1.165) is 40.5 Å². The number of aromatic nitrogens is 4. The van der Waals surface area contributed by atoms with Crippen molar-refractivity contribution in [3.05, 3.63) is 72.5 Å². The molecule has 0 aliphatic rings. The number of hydrogen-bond donors (Lipinski definition) is 1. The summed E-state index contributed by atoms with van der Waals surface area (Å²) in [4.78, 5) is 4.69. The number of rotatable bonds is 5. The average Bonchev–Trinajstić information content (AvgIpc) is 3.35. The highest BCUT2D eigenvalue weighted by atomic mass is 16.3. The fourth-order valence-electron chi connectivity index (χ4n) is 3.14. The third kappa shape index (κ3) is 3.01. The van der Waals surface area contributed by atoms with Gasteiger partial charge in [-0.3, -0.25) is 5.10 Å². The van der Waals surface area contributed by atoms with Gasteiger partial charge in [0.15, 0.2) is 5.76 Å². The van der Waals surface area contributed by atoms with Crippen LogP contribution in [0.1, 0.15) is 24.4 Å². The Morgan fingerprint density at radius 1 is 1.16 bits per heavy atom. The fraction of sp³-hybridized carbons (Fsp3) is 0.200. The molecule has 3 aromatic heterocycles. The van der Waals surface area contributed by atoms with E-state index in [4.69, 9.17) is 4.42 Å². The van der Waals surface area contributed by atoms with Crippen LogP contribution in [0.4, 0.5) is 0 Å². The molecular formula is C20H20N4O. The van der Waals surface area contributed by atoms with Gasteiger partial charge in [0.1, 0.15) is 5.69 Å². The van der Waals surface area contributed by atoms with Crippen molar-refractivity contribution in [2.45, 2.75) is 26.3 Å². The van der Waals surface area contributed by atoms with Gasteiger partial charge >= 0.3 is 0 Å². The first-order valence-electron chi connectivity index (χ1n) is 8.39. The average molecular weight is 332 g/mol. The van der Waals surface area contributed by atoms with Gasteiger partial charge in [-0.15, -0.1) is 0 Å². The summed E-state index contributed by atoms with van der Waals surface area (Å²) >= 11 is 0. The van der Waals surface area contributed by atoms with Gasteiger partial charge in [0.25, 0.3) is 0 Å². The molecular weight excluding hydrogens is 312 g/mol. The maximum atomic E-state index is 5.70. The normalized spacial score (nSPS) is 12.4. The number of hydrogen-bond acceptors (Lipinski definition) is 3. The Labute approximate surface area is 146 Å². The van der Waals surface area contributed by atoms with Crippen molar-refractivity contribution in [3.63, 3.8) is 0 Å². The van der Waals surface area contributed by atoms with E-state index in [-0.39, 0.29) is 6.04 Å². The van der Waals surface area contributed by atoms with E-state index < -0.39 is 0 Å². The minimum Gasteiger partial charge on any atom is -0.463 e. The summed E-state index contributed by atoms with van der Waals surface area (Å²) < 4.78 is 7.87. The zero-order valence-corrected chi connectivity index (χ0v) is 14.3. The lowest BCUT2D eigenvalue weighted by Gasteiger charge is -2.15. The van der Waals surface area contributed by atoms with E-state index in [1.54, 1.807) is 6.26 Å². The molecule has 0 fully saturated rings. The van der Waals surface area contributed by atoms with Crippen LogP contribution in [-0.4, -0.2) is 19.7 Å². The van der Waals surface area contributed by atoms with Crippen LogP contribution in [-0.2, 0) is 6.42 Å². The molecule has 0 saturated heterocycles. The van der Waals surface area contributed by atoms with Crippen molar-refractivity contribution < 1.29 is 4.42 Å². The summed E-state index contributed by atoms with van der Waals surface area (Å²) in [5, 5.41) is 7.36. The van der Waals surface area contributed by atoms with Crippen LogP contribution in [0.2, 0.25) is 0 Å². The number of aryl methyl sites for hydroxylation is 1. The zero-order valence-electron chi connectivity index (χ0n) is 14.3. The van der Waals surface area contributed by atoms with E-state index in [0.29, 0.717) is 0 Å². The molecule has 0 aliphatic carbocycles. The molecule has 25 heavy (non-hydrogen) atoms. The van der Waals surface area contributed by atoms with Crippen molar-refractivity contribution >= 4 is 0 Å². The maximum absolute atomic E-state index is 5.70. The molecule has 5 heteroatoms. The van der Waals surface area contributed by atoms with Crippen LogP contribution in [0, 0.1) is 6.92 Å². The lowest BCUT2D eigenvalue weighted by Crippen LogP contribution is -2.09. The van der Waals surface area contributed by atoms with Crippen LogP contribution < -0.4 is 0 Å². The van der Waals surface area contributed by atoms with E-state index in [1.807, 2.05) is 43.6 Å². The predicted molar refractivity (Wildman–Crippen MR) is 97.1 cm³/mol. The molecule has 0 saturated carbocycles. The summed E-state index contributed by atoms with van der Waals surface area (Å²) in [7, 11) is 0. The first-order valence-corrected chi connectivity index (χ1v) is 8.39. The van der Waals surface area contributed by atoms with Gasteiger partial charge in [0.05, 0.1) is 24.0 Å². The second-order valence-electron chi connectivity index (χ2n) is 6.29. The number of nitrogens with zero attached hydrogens (tertiary/aromatic N) is 3. The largest absolute Gasteiger partial charge is 0.463 e. The summed E-state index contributed by atoms with van der Waals surface area (Å²) in [6, 6.07) is 16.4. The third-order valence-corrected chi connectivity index (χ3v) is 4.33. The minimum absolute atomic E-state index is 0.202. The van der Waals surface area contributed by atoms with Crippen LogP contribution in [0.15, 0.2) is 65.5 Å². The first kappa shape index (κ1) is 15.4. The molecule has 3 heterocycles. The van der Waals surface area contributed by atoms with Gasteiger partial charge in [-0.2, -0.15) is 5.10 Å². The lowest BCUT2D eigenvalue weighted by atomic mass is 10.1. The maximum Gasteiger partial charge on any atom is 0.152 e. The van der Waals surface area contributed by atoms with Crippen LogP contribution in [0.5, 0.6) is 0 Å². The molecule has 5 nitrogen and oxygen atoms in total. The highest BCUT2D eigenvalue weighted by Crippen LogP contribution is 2.34. The molecule has 1 atom stereocenters. The molecule has 0 aliphatic heterocycles. The predicted octanol–water partition coefficient (Wildman–Crippen LogP) is 4.65. The molecule has 0 unspecified atom stereocenters. The minimum atomic E-state index is 0.202. The summed E-state index contributed by atoms with van der Waals surface area (Å²) in [6.07, 6.45) is 4.41. The SMILES string of the molecule is Cc1cc(C[C@H](C)n2cnc(-c3ccccc3)c2-c2ccco2)n[nH]1. The fourth-order valence-corrected chi connectivity index (χ4v) is 3.14. The summed E-state index contributed by atoms with van der Waals surface area (Å²) in [6.45, 7) is 4.19. The van der Waals surface area contributed by atoms with Crippen molar-refractivity contribution in [2.24, 2.45) is 0 Å². The van der Waals surface area contributed by atoms with E-state index in [1.165, 1.54) is 0 Å². The molecule has 0 spiro atoms. The molecule has 1 N–H and O–H groups in total. The number of nitrogens with one attached hydrogen (secondary N) is 1. The highest BCUT2D eigenvalue weighted by molar-refractivity contribution is 5.76. The molecule has 4 aromatic rings. The van der Waals surface area contributed by atoms with E-state index in [2.05, 4.69) is 44.9 Å². The number of aromatic amines is 1. The van der Waals surface area contributed by atoms with E-state index in [9.17, 15) is 0 Å². The summed E-state index contributed by atoms with van der Waals surface area (Å²) in [5.41, 5.74) is 5.13. The van der Waals surface area contributed by atoms with Crippen LogP contribution in [0.25, 0.3) is 22.7 Å². The Kier molecular flexibility index (Phi) is 3.98. The van der Waals surface area contributed by atoms with E-state index >= 15 is 0 Å². The molecule has 0 bridgehead atoms. The third-order valence-electron chi connectivity index (χ3n) is 4.33. The first-order chi connectivity index (χ1) is 12.2. The van der Waals surface area contributed by atoms with Crippen molar-refractivity contribution in [1.82, 2.24) is 19.7 Å². The topological polar surface area (TPSA) is 59.6 Å². The van der Waals surface area contributed by atoms with Gasteiger partial charge < -0.3 is 8.98 Å². The van der Waals surface area contributed by atoms with Crippen molar-refractivity contribution in [3.8, 4) is 22.7 Å². The second kappa shape index (κ2) is 6.43. The Balaban J connectivity index is 1.76. The quantitative estimate of drug-likeness (QED) is 0.579. The van der Waals surface area contributed by atoms with Crippen LogP contribution >= 0.6 is 0 Å². The van der Waals surface area contributed by atoms with Gasteiger partial charge in [-0.05, 0) is 32.0 Å². The Bertz CT molecular complexity index is 951. The molecule has 0 radical (unpaired) electrons. The smallest absolute Gasteiger partial charge is 0.152 e. The highest BCUT2D eigenvalue weighted by Gasteiger charge is 2.20. The molecule has 4 rings (SSSR count). The van der Waals surface area contributed by atoms with Crippen molar-refractivity contribution in [1.29, 1.82) is 0 Å². The lowest BCUT2D eigenvalue weighted by molar-refractivity contribution is 0.524. The number of benzene rings is 1. The monoisotopic (exact) mass is 332 g/mol. The zero-order chi connectivity index (χ0) is 17.2. The Morgan fingerprint density at radius 2 is 2.00 bits per heavy atom. The number of H-pyrrole nitrogens is 1. The standard InChI is InChI=1S/C20H20N4O/c1-14-11-17(23-22-14)12-15(2)24-13-21-19(16-7-4-3-5-8-16)20(24)18-9-6-10-25-18/h3-11,13,15H,12H2,1-2H3,(H,22,23)/t15-/m0/s1. The summed E-state index contributed by atoms with van der Waals surface area (Å²) in [5.74, 6) is 0.821. The molecule has 0 amide bonds. The number of furan rings is 1. The van der Waals surface area contributed by atoms with Gasteiger partial charge in [-0.25, -0.2) is 4.98 Å². The van der Waals surface area contributed by atoms with Gasteiger partial charge in [0.2, 0.25) is 0 Å². The Morgan fingerprint density at radius 3 is 2.68 bits per heavy atom. The van der Waals surface area contributed by atoms with Gasteiger partial charge in [0, 0.05) is 23.7 Å². The molecule has 1 aromatic carbocycles.